The van der Waals surface area contributed by atoms with Crippen molar-refractivity contribution in [2.45, 2.75) is 165 Å². The van der Waals surface area contributed by atoms with Crippen LogP contribution in [0.2, 0.25) is 0 Å². The zero-order chi connectivity index (χ0) is 63.7. The SMILES string of the molecule is CNCC1CCC(C(=O)NC(CCC(=O)N[C@@H](CCC(=O)O)C(=O)N[C@@H](CCC(=O)O)C(=O)N[C@@H](CCC(=O)O)C(=O)C(C)(C)NCCOCCOCC(=O)C(C)(C)N[C@@H](CCCCNC(=O)c2ccc(NCCN)cc2)C(N)=O)C(=O)O)CC1. The zero-order valence-corrected chi connectivity index (χ0v) is 49.5. The number of ketones is 2. The molecule has 0 spiro atoms. The van der Waals surface area contributed by atoms with Crippen molar-refractivity contribution >= 4 is 76.6 Å². The Hall–Kier alpha value is -7.18. The Morgan fingerprint density at radius 3 is 1.72 bits per heavy atom. The molecule has 0 bridgehead atoms. The minimum Gasteiger partial charge on any atom is -0.481 e. The number of Topliss-reactive ketones (excluding diaryl/α,β-unsaturated/α-hetero) is 2. The molecule has 6 amide bonds. The van der Waals surface area contributed by atoms with E-state index in [-0.39, 0.29) is 44.7 Å². The van der Waals surface area contributed by atoms with Crippen molar-refractivity contribution in [3.05, 3.63) is 29.8 Å². The molecule has 0 aliphatic heterocycles. The molecule has 1 aromatic carbocycles. The Labute approximate surface area is 495 Å². The molecule has 1 fully saturated rings. The maximum atomic E-state index is 14.0. The number of nitrogens with two attached hydrogens (primary N) is 2. The Morgan fingerprint density at radius 1 is 0.612 bits per heavy atom. The van der Waals surface area contributed by atoms with E-state index < -0.39 is 158 Å². The highest BCUT2D eigenvalue weighted by molar-refractivity contribution is 5.98. The highest BCUT2D eigenvalue weighted by atomic mass is 16.5. The number of carbonyl (C=O) groups is 12. The van der Waals surface area contributed by atoms with Gasteiger partial charge in [0.15, 0.2) is 11.6 Å². The van der Waals surface area contributed by atoms with Gasteiger partial charge in [0.2, 0.25) is 29.5 Å². The molecule has 1 aliphatic carbocycles. The highest BCUT2D eigenvalue weighted by Gasteiger charge is 2.38. The van der Waals surface area contributed by atoms with Crippen molar-refractivity contribution in [2.75, 3.05) is 71.5 Å². The Bertz CT molecular complexity index is 2380. The van der Waals surface area contributed by atoms with Crippen LogP contribution < -0.4 is 59.3 Å². The first kappa shape index (κ1) is 73.9. The molecule has 5 atom stereocenters. The van der Waals surface area contributed by atoms with Gasteiger partial charge < -0.3 is 83.9 Å². The second kappa shape index (κ2) is 38.7. The maximum Gasteiger partial charge on any atom is 0.326 e. The third-order valence-corrected chi connectivity index (χ3v) is 14.3. The third kappa shape index (κ3) is 29.5. The summed E-state index contributed by atoms with van der Waals surface area (Å²) in [5.74, 6) is -11.1. The summed E-state index contributed by atoms with van der Waals surface area (Å²) in [5, 5.41) is 62.9. The van der Waals surface area contributed by atoms with Crippen LogP contribution in [-0.2, 0) is 62.2 Å². The fourth-order valence-corrected chi connectivity index (χ4v) is 9.22. The van der Waals surface area contributed by atoms with Crippen LogP contribution in [0.1, 0.15) is 134 Å². The lowest BCUT2D eigenvalue weighted by Crippen LogP contribution is -2.60. The summed E-state index contributed by atoms with van der Waals surface area (Å²) in [7, 11) is 1.83. The van der Waals surface area contributed by atoms with E-state index in [1.54, 1.807) is 38.1 Å². The van der Waals surface area contributed by atoms with E-state index in [0.29, 0.717) is 63.2 Å². The van der Waals surface area contributed by atoms with Crippen LogP contribution in [-0.4, -0.2) is 199 Å². The fraction of sp³-hybridized carbons (Fsp3) is 0.679. The van der Waals surface area contributed by atoms with Crippen molar-refractivity contribution in [1.29, 1.82) is 0 Å². The Morgan fingerprint density at radius 2 is 1.16 bits per heavy atom. The number of amides is 6. The summed E-state index contributed by atoms with van der Waals surface area (Å²) in [4.78, 5) is 153. The molecule has 1 saturated carbocycles. The molecule has 1 unspecified atom stereocenters. The number of carboxylic acid groups (broad SMARTS) is 4. The van der Waals surface area contributed by atoms with Crippen molar-refractivity contribution in [1.82, 2.24) is 42.5 Å². The van der Waals surface area contributed by atoms with Gasteiger partial charge in [-0.25, -0.2) is 4.79 Å². The quantitative estimate of drug-likeness (QED) is 0.0353. The van der Waals surface area contributed by atoms with Crippen LogP contribution in [0.4, 0.5) is 5.69 Å². The lowest BCUT2D eigenvalue weighted by atomic mass is 9.81. The van der Waals surface area contributed by atoms with Crippen LogP contribution in [0.15, 0.2) is 24.3 Å². The van der Waals surface area contributed by atoms with Gasteiger partial charge in [0.25, 0.3) is 5.91 Å². The first-order valence-electron chi connectivity index (χ1n) is 28.7. The standard InChI is InChI=1S/C56H91N11O18/c1-55(2,67-39(49(58)77)8-6-7-26-61-50(78)35-13-15-37(16-14-35)60-27-25-57)43(68)33-85-31-30-84-29-28-62-56(3,4)48(76)38(18-22-45(70)71)64-53(81)41(20-24-47(74)75)65-52(80)40(19-23-46(72)73)63-44(69)21-17-42(54(82)83)66-51(79)36-11-9-34(10-12-36)32-59-5/h13-16,34,36,38-42,59-60,62,67H,6-12,17-33,57H2,1-5H3,(H2,58,77)(H,61,78)(H,63,69)(H,64,81)(H,65,80)(H,66,79)(H,70,71)(H,72,73)(H,74,75)(H,82,83)/t34?,36?,38-,39-,40-,41-,42?/m0/s1. The average molecular weight is 1210 g/mol. The number of anilines is 1. The number of benzene rings is 1. The summed E-state index contributed by atoms with van der Waals surface area (Å²) in [5.41, 5.74) is 9.82. The minimum absolute atomic E-state index is 0.00951. The summed E-state index contributed by atoms with van der Waals surface area (Å²) in [6, 6.07) is -0.240. The van der Waals surface area contributed by atoms with E-state index in [2.05, 4.69) is 47.9 Å². The number of hydrogen-bond donors (Lipinski definition) is 15. The van der Waals surface area contributed by atoms with E-state index in [9.17, 15) is 78.0 Å². The molecule has 0 saturated heterocycles. The molecule has 1 aliphatic rings. The molecule has 0 aromatic heterocycles. The van der Waals surface area contributed by atoms with Crippen molar-refractivity contribution in [3.63, 3.8) is 0 Å². The monoisotopic (exact) mass is 1210 g/mol. The molecular weight excluding hydrogens is 1110 g/mol. The van der Waals surface area contributed by atoms with Gasteiger partial charge in [0, 0.05) is 69.0 Å². The van der Waals surface area contributed by atoms with Crippen LogP contribution in [0.3, 0.4) is 0 Å². The number of nitrogens with one attached hydrogen (secondary N) is 9. The van der Waals surface area contributed by atoms with Crippen LogP contribution >= 0.6 is 0 Å². The zero-order valence-electron chi connectivity index (χ0n) is 49.5. The van der Waals surface area contributed by atoms with Gasteiger partial charge in [-0.2, -0.15) is 0 Å². The van der Waals surface area contributed by atoms with Crippen LogP contribution in [0.25, 0.3) is 0 Å². The highest BCUT2D eigenvalue weighted by Crippen LogP contribution is 2.29. The molecule has 0 heterocycles. The van der Waals surface area contributed by atoms with Gasteiger partial charge >= 0.3 is 23.9 Å². The Balaban J connectivity index is 1.95. The van der Waals surface area contributed by atoms with Crippen molar-refractivity contribution in [2.24, 2.45) is 23.3 Å². The Kier molecular flexibility index (Phi) is 33.7. The first-order chi connectivity index (χ1) is 40.1. The predicted octanol–water partition coefficient (Wildman–Crippen LogP) is -0.857. The first-order valence-corrected chi connectivity index (χ1v) is 28.7. The van der Waals surface area contributed by atoms with E-state index in [1.165, 1.54) is 13.8 Å². The maximum absolute atomic E-state index is 14.0. The number of unbranched alkanes of at least 4 members (excludes halogenated alkanes) is 1. The topological polar surface area (TPSA) is 465 Å². The van der Waals surface area contributed by atoms with E-state index in [1.807, 2.05) is 7.05 Å². The second-order valence-electron chi connectivity index (χ2n) is 22.0. The van der Waals surface area contributed by atoms with Gasteiger partial charge in [-0.15, -0.1) is 0 Å². The van der Waals surface area contributed by atoms with Gasteiger partial charge in [0.1, 0.15) is 24.7 Å². The number of primary amides is 1. The molecule has 478 valence electrons. The largest absolute Gasteiger partial charge is 0.481 e. The van der Waals surface area contributed by atoms with Crippen molar-refractivity contribution in [3.8, 4) is 0 Å². The number of aliphatic carboxylic acids is 4. The van der Waals surface area contributed by atoms with Crippen molar-refractivity contribution < 1.29 is 87.4 Å². The van der Waals surface area contributed by atoms with E-state index >= 15 is 0 Å². The molecule has 29 nitrogen and oxygen atoms in total. The fourth-order valence-electron chi connectivity index (χ4n) is 9.22. The number of ether oxygens (including phenoxy) is 2. The summed E-state index contributed by atoms with van der Waals surface area (Å²) < 4.78 is 11.1. The molecular formula is C56H91N11O18. The van der Waals surface area contributed by atoms with Gasteiger partial charge in [-0.05, 0) is 142 Å². The molecule has 29 heteroatoms. The number of hydrogen-bond acceptors (Lipinski definition) is 19. The predicted molar refractivity (Wildman–Crippen MR) is 309 cm³/mol. The summed E-state index contributed by atoms with van der Waals surface area (Å²) in [6.07, 6.45) is -0.421. The van der Waals surface area contributed by atoms with Gasteiger partial charge in [0.05, 0.1) is 43.0 Å². The smallest absolute Gasteiger partial charge is 0.326 e. The van der Waals surface area contributed by atoms with Crippen LogP contribution in [0.5, 0.6) is 0 Å². The van der Waals surface area contributed by atoms with Gasteiger partial charge in [-0.1, -0.05) is 0 Å². The summed E-state index contributed by atoms with van der Waals surface area (Å²) in [6.45, 7) is 8.00. The number of carbonyl (C=O) groups excluding carboxylic acids is 8. The number of carboxylic acids is 4. The average Bonchev–Trinajstić information content (AvgIpc) is 3.51. The molecule has 2 rings (SSSR count). The lowest BCUT2D eigenvalue weighted by molar-refractivity contribution is -0.143. The molecule has 1 aromatic rings. The van der Waals surface area contributed by atoms with E-state index in [0.717, 1.165) is 25.1 Å². The summed E-state index contributed by atoms with van der Waals surface area (Å²) >= 11 is 0. The minimum atomic E-state index is -1.71. The normalized spacial score (nSPS) is 16.0. The lowest BCUT2D eigenvalue weighted by Gasteiger charge is -2.31. The molecule has 17 N–H and O–H groups in total. The van der Waals surface area contributed by atoms with E-state index in [4.69, 9.17) is 20.9 Å². The molecule has 85 heavy (non-hydrogen) atoms. The second-order valence-corrected chi connectivity index (χ2v) is 22.0. The number of rotatable bonds is 46. The van der Waals surface area contributed by atoms with Crippen LogP contribution in [0, 0.1) is 11.8 Å². The third-order valence-electron chi connectivity index (χ3n) is 14.3. The van der Waals surface area contributed by atoms with Gasteiger partial charge in [-0.3, -0.25) is 58.1 Å². The molecule has 0 radical (unpaired) electrons.